The first-order valence-corrected chi connectivity index (χ1v) is 8.73. The summed E-state index contributed by atoms with van der Waals surface area (Å²) >= 11 is 25.4. The molecule has 2 bridgehead atoms. The van der Waals surface area contributed by atoms with Crippen molar-refractivity contribution in [2.45, 2.75) is 22.6 Å². The van der Waals surface area contributed by atoms with Crippen LogP contribution in [0, 0.1) is 11.8 Å². The third-order valence-corrected chi connectivity index (χ3v) is 7.42. The van der Waals surface area contributed by atoms with Crippen LogP contribution >= 0.6 is 46.4 Å². The van der Waals surface area contributed by atoms with Crippen LogP contribution in [0.1, 0.15) is 12.8 Å². The van der Waals surface area contributed by atoms with Crippen LogP contribution in [0.25, 0.3) is 0 Å². The van der Waals surface area contributed by atoms with Crippen molar-refractivity contribution >= 4 is 63.9 Å². The van der Waals surface area contributed by atoms with Crippen LogP contribution in [0.4, 0.5) is 5.69 Å². The molecule has 0 N–H and O–H groups in total. The minimum Gasteiger partial charge on any atom is -0.272 e. The summed E-state index contributed by atoms with van der Waals surface area (Å²) < 4.78 is 0. The van der Waals surface area contributed by atoms with Crippen molar-refractivity contribution in [3.8, 4) is 0 Å². The minimum atomic E-state index is -1.45. The molecule has 120 valence electrons. The monoisotopic (exact) mass is 389 g/mol. The number of carbonyl (C=O) groups excluding carboxylic acids is 2. The van der Waals surface area contributed by atoms with Crippen molar-refractivity contribution in [3.63, 3.8) is 0 Å². The van der Waals surface area contributed by atoms with E-state index in [2.05, 4.69) is 0 Å². The summed E-state index contributed by atoms with van der Waals surface area (Å²) in [7, 11) is 0. The average Bonchev–Trinajstić information content (AvgIpc) is 2.71. The number of nitrogens with zero attached hydrogens (tertiary/aromatic N) is 1. The molecule has 1 saturated carbocycles. The molecule has 4 atom stereocenters. The normalized spacial score (nSPS) is 38.3. The van der Waals surface area contributed by atoms with Gasteiger partial charge in [0.25, 0.3) is 11.8 Å². The second-order valence-electron chi connectivity index (χ2n) is 6.14. The number of fused-ring (bicyclic) bond motifs is 1. The molecule has 23 heavy (non-hydrogen) atoms. The molecule has 0 aromatic heterocycles. The Kier molecular flexibility index (Phi) is 3.35. The summed E-state index contributed by atoms with van der Waals surface area (Å²) in [5.41, 5.74) is 0.336. The van der Waals surface area contributed by atoms with Crippen molar-refractivity contribution in [1.82, 2.24) is 0 Å². The Balaban J connectivity index is 1.88. The smallest absolute Gasteiger partial charge is 0.258 e. The van der Waals surface area contributed by atoms with E-state index in [0.29, 0.717) is 10.7 Å². The van der Waals surface area contributed by atoms with Crippen LogP contribution in [-0.2, 0) is 9.59 Å². The van der Waals surface area contributed by atoms with E-state index >= 15 is 0 Å². The second kappa shape index (κ2) is 4.89. The molecular formula is C16H11Cl4NO2. The molecule has 3 nitrogen and oxygen atoms in total. The molecule has 0 radical (unpaired) electrons. The van der Waals surface area contributed by atoms with E-state index in [0.717, 1.165) is 17.7 Å². The lowest BCUT2D eigenvalue weighted by Gasteiger charge is -2.48. The lowest BCUT2D eigenvalue weighted by molar-refractivity contribution is -0.122. The molecule has 1 aromatic rings. The maximum atomic E-state index is 13.0. The summed E-state index contributed by atoms with van der Waals surface area (Å²) in [6, 6.07) is 4.58. The van der Waals surface area contributed by atoms with Gasteiger partial charge in [0, 0.05) is 11.8 Å². The Morgan fingerprint density at radius 3 is 1.87 bits per heavy atom. The Labute approximate surface area is 153 Å². The van der Waals surface area contributed by atoms with Crippen molar-refractivity contribution in [3.05, 3.63) is 40.4 Å². The van der Waals surface area contributed by atoms with Crippen molar-refractivity contribution in [2.24, 2.45) is 11.8 Å². The van der Waals surface area contributed by atoms with E-state index < -0.39 is 21.6 Å². The van der Waals surface area contributed by atoms with E-state index in [1.54, 1.807) is 6.07 Å². The highest BCUT2D eigenvalue weighted by Crippen LogP contribution is 2.61. The fourth-order valence-corrected chi connectivity index (χ4v) is 5.19. The minimum absolute atomic E-state index is 0.254. The SMILES string of the molecule is O=C1N(c2ccc(Cl)c(Cl)c2)C(=O)C2(Cl)C3C=CC(CC3)C12Cl. The van der Waals surface area contributed by atoms with Gasteiger partial charge in [0.05, 0.1) is 15.7 Å². The number of amides is 2. The van der Waals surface area contributed by atoms with E-state index in [1.165, 1.54) is 12.1 Å². The van der Waals surface area contributed by atoms with Gasteiger partial charge in [-0.25, -0.2) is 4.90 Å². The third kappa shape index (κ3) is 1.74. The largest absolute Gasteiger partial charge is 0.272 e. The summed E-state index contributed by atoms with van der Waals surface area (Å²) in [4.78, 5) is 24.2. The highest BCUT2D eigenvalue weighted by atomic mass is 35.5. The van der Waals surface area contributed by atoms with Gasteiger partial charge in [0.15, 0.2) is 9.75 Å². The Morgan fingerprint density at radius 2 is 1.43 bits per heavy atom. The van der Waals surface area contributed by atoms with Crippen LogP contribution in [0.15, 0.2) is 30.4 Å². The first-order valence-electron chi connectivity index (χ1n) is 7.22. The Hall–Kier alpha value is -0.740. The summed E-state index contributed by atoms with van der Waals surface area (Å²) in [5.74, 6) is -1.49. The molecule has 1 aromatic carbocycles. The molecule has 0 spiro atoms. The van der Waals surface area contributed by atoms with Crippen LogP contribution < -0.4 is 4.90 Å². The summed E-state index contributed by atoms with van der Waals surface area (Å²) in [6.07, 6.45) is 5.30. The first-order chi connectivity index (χ1) is 10.8. The zero-order valence-electron chi connectivity index (χ0n) is 11.7. The Morgan fingerprint density at radius 1 is 0.913 bits per heavy atom. The number of hydrogen-bond acceptors (Lipinski definition) is 2. The first kappa shape index (κ1) is 15.8. The highest BCUT2D eigenvalue weighted by Gasteiger charge is 2.76. The molecule has 2 amide bonds. The third-order valence-electron chi connectivity index (χ3n) is 5.11. The standard InChI is InChI=1S/C16H11Cl4NO2/c17-11-6-5-10(7-12(11)18)21-13(22)15(19)8-1-2-9(4-3-8)16(15,20)14(21)23/h1-2,5-9H,3-4H2. The predicted molar refractivity (Wildman–Crippen MR) is 91.5 cm³/mol. The molecule has 2 fully saturated rings. The second-order valence-corrected chi connectivity index (χ2v) is 8.15. The van der Waals surface area contributed by atoms with E-state index in [1.807, 2.05) is 12.2 Å². The van der Waals surface area contributed by atoms with Crippen LogP contribution in [0.2, 0.25) is 10.0 Å². The number of rotatable bonds is 1. The predicted octanol–water partition coefficient (Wildman–Crippen LogP) is 4.42. The zero-order chi connectivity index (χ0) is 16.6. The van der Waals surface area contributed by atoms with Gasteiger partial charge >= 0.3 is 0 Å². The van der Waals surface area contributed by atoms with Crippen molar-refractivity contribution in [1.29, 1.82) is 0 Å². The Bertz CT molecular complexity index is 741. The fraction of sp³-hybridized carbons (Fsp3) is 0.375. The maximum absolute atomic E-state index is 13.0. The molecule has 3 aliphatic carbocycles. The molecule has 4 unspecified atom stereocenters. The van der Waals surface area contributed by atoms with E-state index in [-0.39, 0.29) is 16.9 Å². The van der Waals surface area contributed by atoms with Gasteiger partial charge in [-0.05, 0) is 31.0 Å². The van der Waals surface area contributed by atoms with Crippen LogP contribution in [-0.4, -0.2) is 21.6 Å². The average molecular weight is 391 g/mol. The number of hydrogen-bond donors (Lipinski definition) is 0. The van der Waals surface area contributed by atoms with Gasteiger partial charge in [-0.15, -0.1) is 23.2 Å². The number of anilines is 1. The van der Waals surface area contributed by atoms with Gasteiger partial charge in [0.1, 0.15) is 0 Å². The number of halogens is 4. The molecular weight excluding hydrogens is 380 g/mol. The lowest BCUT2D eigenvalue weighted by Crippen LogP contribution is -2.61. The number of carbonyl (C=O) groups is 2. The quantitative estimate of drug-likeness (QED) is 0.404. The number of benzene rings is 1. The zero-order valence-corrected chi connectivity index (χ0v) is 14.8. The number of imide groups is 1. The number of alkyl halides is 2. The van der Waals surface area contributed by atoms with Gasteiger partial charge in [0.2, 0.25) is 0 Å². The van der Waals surface area contributed by atoms with Gasteiger partial charge in [-0.3, -0.25) is 9.59 Å². The topological polar surface area (TPSA) is 37.4 Å². The van der Waals surface area contributed by atoms with Gasteiger partial charge in [-0.2, -0.15) is 0 Å². The molecule has 5 rings (SSSR count). The van der Waals surface area contributed by atoms with Crippen LogP contribution in [0.3, 0.4) is 0 Å². The number of allylic oxidation sites excluding steroid dienone is 2. The molecule has 4 aliphatic rings. The van der Waals surface area contributed by atoms with Crippen molar-refractivity contribution in [2.75, 3.05) is 4.90 Å². The molecule has 7 heteroatoms. The van der Waals surface area contributed by atoms with Gasteiger partial charge < -0.3 is 0 Å². The maximum Gasteiger partial charge on any atom is 0.258 e. The molecule has 1 saturated heterocycles. The molecule has 1 heterocycles. The van der Waals surface area contributed by atoms with E-state index in [4.69, 9.17) is 46.4 Å². The van der Waals surface area contributed by atoms with Gasteiger partial charge in [-0.1, -0.05) is 35.4 Å². The lowest BCUT2D eigenvalue weighted by atomic mass is 9.62. The summed E-state index contributed by atoms with van der Waals surface area (Å²) in [6.45, 7) is 0. The van der Waals surface area contributed by atoms with E-state index in [9.17, 15) is 9.59 Å². The highest BCUT2D eigenvalue weighted by molar-refractivity contribution is 6.58. The molecule has 1 aliphatic heterocycles. The van der Waals surface area contributed by atoms with Crippen molar-refractivity contribution < 1.29 is 9.59 Å². The summed E-state index contributed by atoms with van der Waals surface area (Å²) in [5, 5.41) is 0.600. The van der Waals surface area contributed by atoms with Crippen LogP contribution in [0.5, 0.6) is 0 Å². The fourth-order valence-electron chi connectivity index (χ4n) is 3.93.